The predicted octanol–water partition coefficient (Wildman–Crippen LogP) is 7.58. The van der Waals surface area contributed by atoms with Gasteiger partial charge < -0.3 is 4.79 Å². The zero-order valence-corrected chi connectivity index (χ0v) is 17.1. The fraction of sp³-hybridized carbons (Fsp3) is 0.696. The van der Waals surface area contributed by atoms with Gasteiger partial charge in [-0.15, -0.1) is 0 Å². The topological polar surface area (TPSA) is 17.1 Å². The van der Waals surface area contributed by atoms with Crippen LogP contribution < -0.4 is 0 Å². The lowest BCUT2D eigenvalue weighted by atomic mass is 9.96. The molecule has 1 atom stereocenters. The van der Waals surface area contributed by atoms with Crippen LogP contribution in [0.1, 0.15) is 99.3 Å². The second-order valence-electron chi connectivity index (χ2n) is 7.74. The molecule has 0 fully saturated rings. The third-order valence-electron chi connectivity index (χ3n) is 4.50. The Morgan fingerprint density at radius 3 is 1.96 bits per heavy atom. The van der Waals surface area contributed by atoms with Gasteiger partial charge in [-0.25, -0.2) is 0 Å². The first-order valence-electron chi connectivity index (χ1n) is 9.75. The van der Waals surface area contributed by atoms with Crippen molar-refractivity contribution in [3.63, 3.8) is 0 Å². The number of hydrogen-bond acceptors (Lipinski definition) is 1. The van der Waals surface area contributed by atoms with Crippen LogP contribution in [0.2, 0.25) is 0 Å². The molecule has 0 bridgehead atoms. The van der Waals surface area contributed by atoms with Gasteiger partial charge in [0, 0.05) is 6.42 Å². The van der Waals surface area contributed by atoms with Crippen LogP contribution >= 0.6 is 0 Å². The van der Waals surface area contributed by atoms with Crippen molar-refractivity contribution >= 4 is 5.78 Å². The van der Waals surface area contributed by atoms with E-state index >= 15 is 0 Å². The van der Waals surface area contributed by atoms with Crippen molar-refractivity contribution in [3.05, 3.63) is 34.9 Å². The van der Waals surface area contributed by atoms with E-state index in [9.17, 15) is 4.79 Å². The molecule has 0 saturated carbocycles. The van der Waals surface area contributed by atoms with Crippen molar-refractivity contribution in [2.45, 2.75) is 99.3 Å². The standard InChI is InChI=1S/C23H40O/c1-19(2)11-7-12-20(3)13-8-14-21(4)15-9-16-22(5)17-10-18-23(6)24/h11,13,17,21H,7-10,12,14-16,18H2,1-6H3/b20-13-,22-17-. The van der Waals surface area contributed by atoms with Gasteiger partial charge in [0.1, 0.15) is 5.78 Å². The summed E-state index contributed by atoms with van der Waals surface area (Å²) in [6.07, 6.45) is 17.2. The summed E-state index contributed by atoms with van der Waals surface area (Å²) in [7, 11) is 0. The summed E-state index contributed by atoms with van der Waals surface area (Å²) in [5.41, 5.74) is 4.39. The van der Waals surface area contributed by atoms with Crippen LogP contribution in [0.5, 0.6) is 0 Å². The van der Waals surface area contributed by atoms with Gasteiger partial charge in [0.25, 0.3) is 0 Å². The molecule has 1 heteroatoms. The van der Waals surface area contributed by atoms with E-state index in [2.05, 4.69) is 52.8 Å². The van der Waals surface area contributed by atoms with Crippen molar-refractivity contribution in [1.29, 1.82) is 0 Å². The average Bonchev–Trinajstić information content (AvgIpc) is 2.46. The van der Waals surface area contributed by atoms with Crippen molar-refractivity contribution in [3.8, 4) is 0 Å². The monoisotopic (exact) mass is 332 g/mol. The van der Waals surface area contributed by atoms with Crippen LogP contribution in [0.15, 0.2) is 34.9 Å². The van der Waals surface area contributed by atoms with Gasteiger partial charge in [-0.3, -0.25) is 0 Å². The molecule has 0 spiro atoms. The summed E-state index contributed by atoms with van der Waals surface area (Å²) < 4.78 is 0. The molecular formula is C23H40O. The molecule has 0 saturated heterocycles. The zero-order valence-electron chi connectivity index (χ0n) is 17.1. The molecule has 0 aromatic rings. The van der Waals surface area contributed by atoms with Gasteiger partial charge >= 0.3 is 0 Å². The van der Waals surface area contributed by atoms with E-state index in [0.29, 0.717) is 6.42 Å². The van der Waals surface area contributed by atoms with Crippen LogP contribution in [-0.2, 0) is 4.79 Å². The summed E-state index contributed by atoms with van der Waals surface area (Å²) in [6.45, 7) is 12.8. The van der Waals surface area contributed by atoms with E-state index in [1.807, 2.05) is 0 Å². The summed E-state index contributed by atoms with van der Waals surface area (Å²) >= 11 is 0. The van der Waals surface area contributed by atoms with Crippen LogP contribution in [-0.4, -0.2) is 5.78 Å². The molecule has 0 N–H and O–H groups in total. The molecule has 0 aromatic heterocycles. The molecule has 0 aliphatic carbocycles. The summed E-state index contributed by atoms with van der Waals surface area (Å²) in [6, 6.07) is 0. The number of rotatable bonds is 13. The van der Waals surface area contributed by atoms with E-state index in [-0.39, 0.29) is 5.78 Å². The van der Waals surface area contributed by atoms with E-state index < -0.39 is 0 Å². The van der Waals surface area contributed by atoms with Gasteiger partial charge in [0.2, 0.25) is 0 Å². The Labute approximate surface area is 151 Å². The molecule has 0 aliphatic heterocycles. The largest absolute Gasteiger partial charge is 0.300 e. The minimum atomic E-state index is 0.289. The first kappa shape index (κ1) is 22.9. The van der Waals surface area contributed by atoms with Crippen LogP contribution in [0.4, 0.5) is 0 Å². The van der Waals surface area contributed by atoms with Gasteiger partial charge in [-0.05, 0) is 85.5 Å². The Hall–Kier alpha value is -1.11. The lowest BCUT2D eigenvalue weighted by Gasteiger charge is -2.10. The highest BCUT2D eigenvalue weighted by Crippen LogP contribution is 2.18. The minimum absolute atomic E-state index is 0.289. The highest BCUT2D eigenvalue weighted by atomic mass is 16.1. The number of hydrogen-bond donors (Lipinski definition) is 0. The zero-order chi connectivity index (χ0) is 18.4. The fourth-order valence-electron chi connectivity index (χ4n) is 2.80. The third kappa shape index (κ3) is 15.8. The number of Topliss-reactive ketones (excluding diaryl/α,β-unsaturated/α-hetero) is 1. The molecule has 0 aromatic carbocycles. The first-order valence-corrected chi connectivity index (χ1v) is 9.75. The maximum absolute atomic E-state index is 10.9. The molecule has 24 heavy (non-hydrogen) atoms. The Bertz CT molecular complexity index is 433. The predicted molar refractivity (Wildman–Crippen MR) is 108 cm³/mol. The molecule has 1 nitrogen and oxygen atoms in total. The van der Waals surface area contributed by atoms with Crippen molar-refractivity contribution in [2.24, 2.45) is 5.92 Å². The fourth-order valence-corrected chi connectivity index (χ4v) is 2.80. The summed E-state index contributed by atoms with van der Waals surface area (Å²) in [5.74, 6) is 1.09. The molecule has 0 aliphatic rings. The lowest BCUT2D eigenvalue weighted by molar-refractivity contribution is -0.116. The van der Waals surface area contributed by atoms with Gasteiger partial charge in [-0.1, -0.05) is 48.3 Å². The first-order chi connectivity index (χ1) is 11.3. The second kappa shape index (κ2) is 14.3. The Morgan fingerprint density at radius 2 is 1.33 bits per heavy atom. The van der Waals surface area contributed by atoms with Crippen molar-refractivity contribution < 1.29 is 4.79 Å². The molecule has 0 radical (unpaired) electrons. The highest BCUT2D eigenvalue weighted by Gasteiger charge is 2.02. The Kier molecular flexibility index (Phi) is 13.6. The molecular weight excluding hydrogens is 292 g/mol. The van der Waals surface area contributed by atoms with Crippen molar-refractivity contribution in [1.82, 2.24) is 0 Å². The SMILES string of the molecule is CC(=O)CC/C=C(/C)CCCC(C)CC/C=C(/C)CCC=C(C)C. The van der Waals surface area contributed by atoms with E-state index in [4.69, 9.17) is 0 Å². The lowest BCUT2D eigenvalue weighted by Crippen LogP contribution is -1.95. The van der Waals surface area contributed by atoms with Crippen molar-refractivity contribution in [2.75, 3.05) is 0 Å². The summed E-state index contributed by atoms with van der Waals surface area (Å²) in [5, 5.41) is 0. The van der Waals surface area contributed by atoms with E-state index in [0.717, 1.165) is 12.3 Å². The minimum Gasteiger partial charge on any atom is -0.300 e. The quantitative estimate of drug-likeness (QED) is 0.318. The maximum atomic E-state index is 10.9. The Balaban J connectivity index is 3.80. The second-order valence-corrected chi connectivity index (χ2v) is 7.74. The van der Waals surface area contributed by atoms with Crippen LogP contribution in [0, 0.1) is 5.92 Å². The average molecular weight is 333 g/mol. The Morgan fingerprint density at radius 1 is 0.750 bits per heavy atom. The number of carbonyl (C=O) groups is 1. The molecule has 1 unspecified atom stereocenters. The molecule has 138 valence electrons. The van der Waals surface area contributed by atoms with Crippen LogP contribution in [0.3, 0.4) is 0 Å². The van der Waals surface area contributed by atoms with Gasteiger partial charge in [-0.2, -0.15) is 0 Å². The molecule has 0 rings (SSSR count). The maximum Gasteiger partial charge on any atom is 0.130 e. The molecule has 0 heterocycles. The summed E-state index contributed by atoms with van der Waals surface area (Å²) in [4.78, 5) is 10.9. The van der Waals surface area contributed by atoms with Gasteiger partial charge in [0.15, 0.2) is 0 Å². The van der Waals surface area contributed by atoms with Crippen LogP contribution in [0.25, 0.3) is 0 Å². The highest BCUT2D eigenvalue weighted by molar-refractivity contribution is 5.75. The van der Waals surface area contributed by atoms with E-state index in [1.54, 1.807) is 6.92 Å². The number of carbonyl (C=O) groups excluding carboxylic acids is 1. The van der Waals surface area contributed by atoms with E-state index in [1.165, 1.54) is 61.7 Å². The third-order valence-corrected chi connectivity index (χ3v) is 4.50. The number of allylic oxidation sites excluding steroid dienone is 6. The molecule has 0 amide bonds. The smallest absolute Gasteiger partial charge is 0.130 e. The number of ketones is 1. The van der Waals surface area contributed by atoms with Gasteiger partial charge in [0.05, 0.1) is 0 Å². The normalized spacial score (nSPS) is 13.8.